The average molecular weight is 370 g/mol. The molecule has 26 heavy (non-hydrogen) atoms. The minimum absolute atomic E-state index is 0.0168. The Balaban J connectivity index is 1.30. The number of ether oxygens (including phenoxy) is 1. The number of hydrogen-bond acceptors (Lipinski definition) is 3. The molecule has 134 valence electrons. The average Bonchev–Trinajstić information content (AvgIpc) is 3.13. The number of fused-ring (bicyclic) bond motifs is 1. The fraction of sp³-hybridized carbons (Fsp3) is 0.300. The van der Waals surface area contributed by atoms with E-state index in [0.29, 0.717) is 16.5 Å². The highest BCUT2D eigenvalue weighted by atomic mass is 35.5. The van der Waals surface area contributed by atoms with Gasteiger partial charge in [-0.05, 0) is 56.0 Å². The quantitative estimate of drug-likeness (QED) is 0.719. The van der Waals surface area contributed by atoms with Crippen LogP contribution in [0.3, 0.4) is 0 Å². The molecule has 1 saturated carbocycles. The first-order valence-electron chi connectivity index (χ1n) is 8.83. The smallest absolute Gasteiger partial charge is 0.251 e. The fourth-order valence-corrected chi connectivity index (χ4v) is 3.50. The first-order valence-corrected chi connectivity index (χ1v) is 9.21. The zero-order valence-electron chi connectivity index (χ0n) is 14.2. The molecular formula is C20H20ClN3O2. The Kier molecular flexibility index (Phi) is 4.80. The molecule has 0 atom stereocenters. The van der Waals surface area contributed by atoms with Crippen LogP contribution in [0.5, 0.6) is 5.88 Å². The minimum Gasteiger partial charge on any atom is -0.474 e. The molecule has 6 heteroatoms. The van der Waals surface area contributed by atoms with E-state index in [1.807, 2.05) is 30.5 Å². The minimum atomic E-state index is -0.0168. The van der Waals surface area contributed by atoms with Gasteiger partial charge in [0.15, 0.2) is 0 Å². The van der Waals surface area contributed by atoms with E-state index >= 15 is 0 Å². The number of carbonyl (C=O) groups is 1. The van der Waals surface area contributed by atoms with Crippen molar-refractivity contribution in [2.24, 2.45) is 0 Å². The van der Waals surface area contributed by atoms with Gasteiger partial charge in [-0.1, -0.05) is 11.6 Å². The Labute approximate surface area is 156 Å². The van der Waals surface area contributed by atoms with Gasteiger partial charge in [-0.15, -0.1) is 0 Å². The summed E-state index contributed by atoms with van der Waals surface area (Å²) in [5.41, 5.74) is 1.73. The van der Waals surface area contributed by atoms with Crippen molar-refractivity contribution in [2.75, 3.05) is 0 Å². The first kappa shape index (κ1) is 16.9. The Morgan fingerprint density at radius 2 is 2.00 bits per heavy atom. The molecule has 2 N–H and O–H groups in total. The molecule has 0 aliphatic heterocycles. The van der Waals surface area contributed by atoms with Crippen LogP contribution in [0, 0.1) is 0 Å². The molecule has 0 unspecified atom stereocenters. The number of nitrogens with zero attached hydrogens (tertiary/aromatic N) is 1. The molecular weight excluding hydrogens is 350 g/mol. The van der Waals surface area contributed by atoms with Crippen LogP contribution in [0.4, 0.5) is 0 Å². The number of amides is 1. The Morgan fingerprint density at radius 1 is 1.15 bits per heavy atom. The lowest BCUT2D eigenvalue weighted by atomic mass is 9.92. The van der Waals surface area contributed by atoms with Gasteiger partial charge in [0.1, 0.15) is 6.10 Å². The standard InChI is InChI=1S/C20H20ClN3O2/c21-15-2-8-19(23-12-15)26-17-5-3-16(4-6-17)24-20(25)14-1-7-18-13(11-14)9-10-22-18/h1-2,7-12,16-17,22H,3-6H2,(H,24,25). The molecule has 1 fully saturated rings. The molecule has 1 amide bonds. The van der Waals surface area contributed by atoms with E-state index in [-0.39, 0.29) is 18.1 Å². The summed E-state index contributed by atoms with van der Waals surface area (Å²) in [4.78, 5) is 19.8. The lowest BCUT2D eigenvalue weighted by molar-refractivity contribution is 0.0890. The molecule has 5 nitrogen and oxygen atoms in total. The van der Waals surface area contributed by atoms with Crippen LogP contribution in [-0.4, -0.2) is 28.0 Å². The molecule has 4 rings (SSSR count). The van der Waals surface area contributed by atoms with Crippen molar-refractivity contribution < 1.29 is 9.53 Å². The molecule has 0 bridgehead atoms. The van der Waals surface area contributed by atoms with E-state index in [9.17, 15) is 4.79 Å². The number of pyridine rings is 1. The summed E-state index contributed by atoms with van der Waals surface area (Å²) in [5, 5.41) is 4.79. The van der Waals surface area contributed by atoms with Crippen LogP contribution < -0.4 is 10.1 Å². The lowest BCUT2D eigenvalue weighted by Gasteiger charge is -2.29. The van der Waals surface area contributed by atoms with Crippen LogP contribution in [0.25, 0.3) is 10.9 Å². The van der Waals surface area contributed by atoms with E-state index in [2.05, 4.69) is 15.3 Å². The molecule has 2 aromatic heterocycles. The van der Waals surface area contributed by atoms with E-state index in [0.717, 1.165) is 36.6 Å². The summed E-state index contributed by atoms with van der Waals surface area (Å²) >= 11 is 5.84. The zero-order chi connectivity index (χ0) is 17.9. The third-order valence-corrected chi connectivity index (χ3v) is 5.04. The molecule has 0 saturated heterocycles. The second kappa shape index (κ2) is 7.38. The van der Waals surface area contributed by atoms with Crippen molar-refractivity contribution >= 4 is 28.4 Å². The molecule has 1 aliphatic rings. The Bertz CT molecular complexity index is 899. The maximum Gasteiger partial charge on any atom is 0.251 e. The number of carbonyl (C=O) groups excluding carboxylic acids is 1. The van der Waals surface area contributed by atoms with Crippen LogP contribution >= 0.6 is 11.6 Å². The third-order valence-electron chi connectivity index (χ3n) is 4.81. The van der Waals surface area contributed by atoms with Gasteiger partial charge in [0.2, 0.25) is 5.88 Å². The predicted molar refractivity (Wildman–Crippen MR) is 102 cm³/mol. The molecule has 1 aliphatic carbocycles. The number of aromatic amines is 1. The number of aromatic nitrogens is 2. The van der Waals surface area contributed by atoms with Crippen molar-refractivity contribution in [3.63, 3.8) is 0 Å². The second-order valence-electron chi connectivity index (χ2n) is 6.66. The van der Waals surface area contributed by atoms with Gasteiger partial charge < -0.3 is 15.0 Å². The zero-order valence-corrected chi connectivity index (χ0v) is 15.0. The normalized spacial score (nSPS) is 20.0. The Morgan fingerprint density at radius 3 is 2.77 bits per heavy atom. The second-order valence-corrected chi connectivity index (χ2v) is 7.10. The van der Waals surface area contributed by atoms with Gasteiger partial charge in [0.25, 0.3) is 5.91 Å². The van der Waals surface area contributed by atoms with E-state index < -0.39 is 0 Å². The topological polar surface area (TPSA) is 67.0 Å². The highest BCUT2D eigenvalue weighted by Crippen LogP contribution is 2.24. The summed E-state index contributed by atoms with van der Waals surface area (Å²) in [6.45, 7) is 0. The molecule has 3 aromatic rings. The van der Waals surface area contributed by atoms with Crippen molar-refractivity contribution in [3.05, 3.63) is 59.4 Å². The fourth-order valence-electron chi connectivity index (χ4n) is 3.39. The summed E-state index contributed by atoms with van der Waals surface area (Å²) in [6.07, 6.45) is 7.19. The highest BCUT2D eigenvalue weighted by molar-refractivity contribution is 6.30. The van der Waals surface area contributed by atoms with Crippen LogP contribution in [0.2, 0.25) is 5.02 Å². The number of rotatable bonds is 4. The SMILES string of the molecule is O=C(NC1CCC(Oc2ccc(Cl)cn2)CC1)c1ccc2[nH]ccc2c1. The van der Waals surface area contributed by atoms with Crippen molar-refractivity contribution in [2.45, 2.75) is 37.8 Å². The van der Waals surface area contributed by atoms with Gasteiger partial charge in [0, 0.05) is 41.0 Å². The number of benzene rings is 1. The molecule has 0 radical (unpaired) electrons. The predicted octanol–water partition coefficient (Wildman–Crippen LogP) is 4.34. The van der Waals surface area contributed by atoms with Gasteiger partial charge in [0.05, 0.1) is 5.02 Å². The van der Waals surface area contributed by atoms with Gasteiger partial charge in [-0.2, -0.15) is 0 Å². The van der Waals surface area contributed by atoms with Crippen LogP contribution in [-0.2, 0) is 0 Å². The number of halogens is 1. The monoisotopic (exact) mass is 369 g/mol. The summed E-state index contributed by atoms with van der Waals surface area (Å²) in [6, 6.07) is 11.4. The maximum atomic E-state index is 12.5. The van der Waals surface area contributed by atoms with Crippen molar-refractivity contribution in [3.8, 4) is 5.88 Å². The van der Waals surface area contributed by atoms with E-state index in [1.54, 1.807) is 18.3 Å². The highest BCUT2D eigenvalue weighted by Gasteiger charge is 2.24. The molecule has 1 aromatic carbocycles. The Hall–Kier alpha value is -2.53. The van der Waals surface area contributed by atoms with Gasteiger partial charge >= 0.3 is 0 Å². The number of H-pyrrole nitrogens is 1. The summed E-state index contributed by atoms with van der Waals surface area (Å²) in [7, 11) is 0. The van der Waals surface area contributed by atoms with E-state index in [1.165, 1.54) is 0 Å². The van der Waals surface area contributed by atoms with Gasteiger partial charge in [-0.25, -0.2) is 4.98 Å². The lowest BCUT2D eigenvalue weighted by Crippen LogP contribution is -2.39. The first-order chi connectivity index (χ1) is 12.7. The molecule has 0 spiro atoms. The van der Waals surface area contributed by atoms with Crippen LogP contribution in [0.15, 0.2) is 48.8 Å². The summed E-state index contributed by atoms with van der Waals surface area (Å²) in [5.74, 6) is 0.582. The largest absolute Gasteiger partial charge is 0.474 e. The van der Waals surface area contributed by atoms with Crippen LogP contribution in [0.1, 0.15) is 36.0 Å². The van der Waals surface area contributed by atoms with Gasteiger partial charge in [-0.3, -0.25) is 4.79 Å². The van der Waals surface area contributed by atoms with Crippen molar-refractivity contribution in [1.82, 2.24) is 15.3 Å². The summed E-state index contributed by atoms with van der Waals surface area (Å²) < 4.78 is 5.90. The maximum absolute atomic E-state index is 12.5. The number of hydrogen-bond donors (Lipinski definition) is 2. The third kappa shape index (κ3) is 3.83. The van der Waals surface area contributed by atoms with Crippen molar-refractivity contribution in [1.29, 1.82) is 0 Å². The molecule has 2 heterocycles. The number of nitrogens with one attached hydrogen (secondary N) is 2. The van der Waals surface area contributed by atoms with E-state index in [4.69, 9.17) is 16.3 Å².